The van der Waals surface area contributed by atoms with Gasteiger partial charge in [0.25, 0.3) is 0 Å². The Morgan fingerprint density at radius 2 is 1.50 bits per heavy atom. The highest BCUT2D eigenvalue weighted by molar-refractivity contribution is 6.04. The van der Waals surface area contributed by atoms with Crippen LogP contribution < -0.4 is 15.2 Å². The summed E-state index contributed by atoms with van der Waals surface area (Å²) < 4.78 is 10.7. The van der Waals surface area contributed by atoms with Gasteiger partial charge in [0, 0.05) is 6.54 Å². The van der Waals surface area contributed by atoms with Gasteiger partial charge in [0.2, 0.25) is 0 Å². The van der Waals surface area contributed by atoms with Crippen LogP contribution in [-0.2, 0) is 4.79 Å². The Morgan fingerprint density at radius 3 is 2.00 bits per heavy atom. The maximum atomic E-state index is 12.1. The molecule has 2 aromatic rings. The molecule has 26 heavy (non-hydrogen) atoms. The van der Waals surface area contributed by atoms with Crippen molar-refractivity contribution in [2.24, 2.45) is 5.73 Å². The first kappa shape index (κ1) is 19.5. The molecule has 0 saturated carbocycles. The van der Waals surface area contributed by atoms with Crippen molar-refractivity contribution >= 4 is 17.9 Å². The summed E-state index contributed by atoms with van der Waals surface area (Å²) in [6.07, 6.45) is 6.77. The topological polar surface area (TPSA) is 61.5 Å². The fourth-order valence-electron chi connectivity index (χ4n) is 2.46. The molecule has 0 aliphatic carbocycles. The minimum atomic E-state index is -0.0666. The predicted octanol–water partition coefficient (Wildman–Crippen LogP) is 3.95. The van der Waals surface area contributed by atoms with Crippen molar-refractivity contribution in [1.29, 1.82) is 0 Å². The Balaban J connectivity index is 2.03. The van der Waals surface area contributed by atoms with E-state index in [2.05, 4.69) is 0 Å². The summed E-state index contributed by atoms with van der Waals surface area (Å²) in [5.74, 6) is 1.52. The molecule has 0 fully saturated rings. The first-order valence-corrected chi connectivity index (χ1v) is 8.51. The average Bonchev–Trinajstić information content (AvgIpc) is 2.64. The largest absolute Gasteiger partial charge is 0.497 e. The second-order valence-electron chi connectivity index (χ2n) is 5.95. The van der Waals surface area contributed by atoms with E-state index < -0.39 is 0 Å². The maximum absolute atomic E-state index is 12.1. The van der Waals surface area contributed by atoms with Crippen LogP contribution in [0.4, 0.5) is 0 Å². The van der Waals surface area contributed by atoms with E-state index in [9.17, 15) is 4.79 Å². The smallest absolute Gasteiger partial charge is 0.178 e. The fraction of sp³-hybridized carbons (Fsp3) is 0.227. The van der Waals surface area contributed by atoms with Gasteiger partial charge in [0.15, 0.2) is 5.78 Å². The Bertz CT molecular complexity index is 822. The molecule has 0 aliphatic heterocycles. The lowest BCUT2D eigenvalue weighted by atomic mass is 10.1. The molecular weight excluding hydrogens is 326 g/mol. The molecular formula is C22H25NO3. The number of hydrogen-bond donors (Lipinski definition) is 1. The molecule has 4 heteroatoms. The highest BCUT2D eigenvalue weighted by atomic mass is 16.5. The number of hydrogen-bond acceptors (Lipinski definition) is 4. The van der Waals surface area contributed by atoms with Crippen LogP contribution >= 0.6 is 0 Å². The lowest BCUT2D eigenvalue weighted by Crippen LogP contribution is -2.10. The van der Waals surface area contributed by atoms with Gasteiger partial charge in [0.1, 0.15) is 18.1 Å². The lowest BCUT2D eigenvalue weighted by molar-refractivity contribution is -0.110. The van der Waals surface area contributed by atoms with E-state index in [4.69, 9.17) is 15.2 Å². The number of carbonyl (C=O) groups is 1. The molecule has 0 bridgehead atoms. The zero-order valence-electron chi connectivity index (χ0n) is 15.5. The van der Waals surface area contributed by atoms with Crippen LogP contribution in [0, 0.1) is 13.8 Å². The van der Waals surface area contributed by atoms with Gasteiger partial charge < -0.3 is 15.2 Å². The number of carbonyl (C=O) groups excluding carboxylic acids is 1. The number of ether oxygens (including phenoxy) is 2. The molecule has 0 unspecified atom stereocenters. The van der Waals surface area contributed by atoms with E-state index in [0.29, 0.717) is 13.2 Å². The number of methoxy groups -OCH3 is 1. The molecule has 0 radical (unpaired) electrons. The zero-order chi connectivity index (χ0) is 18.9. The third kappa shape index (κ3) is 5.60. The maximum Gasteiger partial charge on any atom is 0.178 e. The van der Waals surface area contributed by atoms with Crippen molar-refractivity contribution in [1.82, 2.24) is 0 Å². The molecule has 2 aromatic carbocycles. The third-order valence-electron chi connectivity index (χ3n) is 3.96. The van der Waals surface area contributed by atoms with Gasteiger partial charge in [-0.1, -0.05) is 24.3 Å². The van der Waals surface area contributed by atoms with E-state index in [0.717, 1.165) is 33.8 Å². The van der Waals surface area contributed by atoms with Crippen molar-refractivity contribution in [3.63, 3.8) is 0 Å². The molecule has 0 amide bonds. The van der Waals surface area contributed by atoms with E-state index in [-0.39, 0.29) is 5.78 Å². The van der Waals surface area contributed by atoms with Crippen molar-refractivity contribution in [2.75, 3.05) is 20.3 Å². The van der Waals surface area contributed by atoms with Gasteiger partial charge >= 0.3 is 0 Å². The quantitative estimate of drug-likeness (QED) is 0.732. The SMILES string of the molecule is COc1ccc(/C=C/C(=O)/C=C/c2ccc(OCCN)cc2C)c(C)c1. The standard InChI is InChI=1S/C22H25NO3/c1-16-14-21(25-3)10-6-18(16)4-8-20(24)9-5-19-7-11-22(15-17(19)2)26-13-12-23/h4-11,14-15H,12-13,23H2,1-3H3/b8-4+,9-5+. The van der Waals surface area contributed by atoms with Gasteiger partial charge in [0.05, 0.1) is 7.11 Å². The van der Waals surface area contributed by atoms with Crippen molar-refractivity contribution in [3.8, 4) is 11.5 Å². The summed E-state index contributed by atoms with van der Waals surface area (Å²) in [6.45, 7) is 4.94. The van der Waals surface area contributed by atoms with Crippen LogP contribution in [-0.4, -0.2) is 26.0 Å². The highest BCUT2D eigenvalue weighted by Crippen LogP contribution is 2.19. The molecule has 2 rings (SSSR count). The van der Waals surface area contributed by atoms with Crippen molar-refractivity contribution < 1.29 is 14.3 Å². The van der Waals surface area contributed by atoms with Crippen LogP contribution in [0.25, 0.3) is 12.2 Å². The van der Waals surface area contributed by atoms with Gasteiger partial charge in [-0.25, -0.2) is 0 Å². The fourth-order valence-corrected chi connectivity index (χ4v) is 2.46. The summed E-state index contributed by atoms with van der Waals surface area (Å²) in [4.78, 5) is 12.1. The van der Waals surface area contributed by atoms with E-state index >= 15 is 0 Å². The molecule has 4 nitrogen and oxygen atoms in total. The summed E-state index contributed by atoms with van der Waals surface area (Å²) in [6, 6.07) is 11.5. The summed E-state index contributed by atoms with van der Waals surface area (Å²) in [5.41, 5.74) is 9.50. The van der Waals surface area contributed by atoms with E-state index in [1.807, 2.05) is 62.4 Å². The number of rotatable bonds is 8. The number of benzene rings is 2. The van der Waals surface area contributed by atoms with Crippen molar-refractivity contribution in [2.45, 2.75) is 13.8 Å². The first-order valence-electron chi connectivity index (χ1n) is 8.51. The molecule has 136 valence electrons. The second kappa shape index (κ2) is 9.59. The normalized spacial score (nSPS) is 11.2. The first-order chi connectivity index (χ1) is 12.5. The highest BCUT2D eigenvalue weighted by Gasteiger charge is 2.00. The molecule has 2 N–H and O–H groups in total. The molecule has 0 spiro atoms. The number of allylic oxidation sites excluding steroid dienone is 2. The van der Waals surface area contributed by atoms with Crippen molar-refractivity contribution in [3.05, 3.63) is 70.8 Å². The van der Waals surface area contributed by atoms with Crippen LogP contribution in [0.2, 0.25) is 0 Å². The minimum absolute atomic E-state index is 0.0666. The molecule has 0 atom stereocenters. The average molecular weight is 351 g/mol. The van der Waals surface area contributed by atoms with Gasteiger partial charge in [-0.2, -0.15) is 0 Å². The second-order valence-corrected chi connectivity index (χ2v) is 5.95. The van der Waals surface area contributed by atoms with Gasteiger partial charge in [-0.15, -0.1) is 0 Å². The summed E-state index contributed by atoms with van der Waals surface area (Å²) in [5, 5.41) is 0. The molecule has 0 aliphatic rings. The minimum Gasteiger partial charge on any atom is -0.497 e. The molecule has 0 aromatic heterocycles. The zero-order valence-corrected chi connectivity index (χ0v) is 15.5. The Hall–Kier alpha value is -2.85. The van der Waals surface area contributed by atoms with Gasteiger partial charge in [-0.3, -0.25) is 4.79 Å². The van der Waals surface area contributed by atoms with Crippen LogP contribution in [0.3, 0.4) is 0 Å². The number of nitrogens with two attached hydrogens (primary N) is 1. The van der Waals surface area contributed by atoms with Gasteiger partial charge in [-0.05, 0) is 72.5 Å². The van der Waals surface area contributed by atoms with E-state index in [1.54, 1.807) is 19.3 Å². The molecule has 0 saturated heterocycles. The van der Waals surface area contributed by atoms with Crippen LogP contribution in [0.5, 0.6) is 11.5 Å². The third-order valence-corrected chi connectivity index (χ3v) is 3.96. The summed E-state index contributed by atoms with van der Waals surface area (Å²) >= 11 is 0. The van der Waals surface area contributed by atoms with E-state index in [1.165, 1.54) is 0 Å². The Kier molecular flexibility index (Phi) is 7.18. The monoisotopic (exact) mass is 351 g/mol. The van der Waals surface area contributed by atoms with Crippen LogP contribution in [0.1, 0.15) is 22.3 Å². The number of aryl methyl sites for hydroxylation is 2. The Labute approximate surface area is 154 Å². The number of ketones is 1. The summed E-state index contributed by atoms with van der Waals surface area (Å²) in [7, 11) is 1.64. The van der Waals surface area contributed by atoms with Crippen LogP contribution in [0.15, 0.2) is 48.6 Å². The Morgan fingerprint density at radius 1 is 0.962 bits per heavy atom. The lowest BCUT2D eigenvalue weighted by Gasteiger charge is -2.07. The molecule has 0 heterocycles. The predicted molar refractivity (Wildman–Crippen MR) is 107 cm³/mol.